The molecule has 3 rings (SSSR count). The molecule has 0 bridgehead atoms. The van der Waals surface area contributed by atoms with Crippen LogP contribution < -0.4 is 10.1 Å². The van der Waals surface area contributed by atoms with E-state index in [1.807, 2.05) is 24.3 Å². The number of likely N-dealkylation sites (tertiary alicyclic amines) is 1. The summed E-state index contributed by atoms with van der Waals surface area (Å²) in [6.07, 6.45) is 4.09. The number of carbonyl (C=O) groups excluding carboxylic acids is 2. The van der Waals surface area contributed by atoms with E-state index in [2.05, 4.69) is 15.5 Å². The van der Waals surface area contributed by atoms with Crippen LogP contribution in [0.2, 0.25) is 0 Å². The molecule has 0 spiro atoms. The highest BCUT2D eigenvalue weighted by Crippen LogP contribution is 2.22. The van der Waals surface area contributed by atoms with Crippen molar-refractivity contribution in [1.82, 2.24) is 15.1 Å². The average molecular weight is 328 g/mol. The van der Waals surface area contributed by atoms with Crippen molar-refractivity contribution in [3.8, 4) is 5.75 Å². The monoisotopic (exact) mass is 328 g/mol. The van der Waals surface area contributed by atoms with Crippen LogP contribution in [0.1, 0.15) is 12.0 Å². The summed E-state index contributed by atoms with van der Waals surface area (Å²) in [6, 6.07) is 7.76. The fourth-order valence-electron chi connectivity index (χ4n) is 2.89. The van der Waals surface area contributed by atoms with Crippen LogP contribution >= 0.6 is 0 Å². The number of ether oxygens (including phenoxy) is 1. The van der Waals surface area contributed by atoms with Gasteiger partial charge in [0.05, 0.1) is 24.9 Å². The molecule has 2 N–H and O–H groups in total. The van der Waals surface area contributed by atoms with Gasteiger partial charge in [-0.3, -0.25) is 14.7 Å². The molecule has 1 aliphatic heterocycles. The number of hydrogen-bond donors (Lipinski definition) is 2. The van der Waals surface area contributed by atoms with E-state index >= 15 is 0 Å². The van der Waals surface area contributed by atoms with Gasteiger partial charge < -0.3 is 15.0 Å². The highest BCUT2D eigenvalue weighted by Gasteiger charge is 2.34. The minimum absolute atomic E-state index is 0.0113. The number of amides is 2. The van der Waals surface area contributed by atoms with E-state index in [1.54, 1.807) is 18.2 Å². The molecule has 1 fully saturated rings. The Morgan fingerprint density at radius 3 is 3.04 bits per heavy atom. The number of carbonyl (C=O) groups is 2. The number of nitrogens with one attached hydrogen (secondary N) is 2. The van der Waals surface area contributed by atoms with Gasteiger partial charge in [-0.05, 0) is 18.1 Å². The molecule has 0 aliphatic carbocycles. The second-order valence-corrected chi connectivity index (χ2v) is 5.78. The SMILES string of the molecule is COc1ccccc1CCN1C[C@@H](C(=O)Nc2cn[nH]c2)CC1=O. The summed E-state index contributed by atoms with van der Waals surface area (Å²) in [5.74, 6) is 0.352. The summed E-state index contributed by atoms with van der Waals surface area (Å²) in [5.41, 5.74) is 1.67. The van der Waals surface area contributed by atoms with Crippen LogP contribution in [0.15, 0.2) is 36.7 Å². The van der Waals surface area contributed by atoms with Crippen molar-refractivity contribution in [2.24, 2.45) is 5.92 Å². The molecular weight excluding hydrogens is 308 g/mol. The van der Waals surface area contributed by atoms with E-state index in [9.17, 15) is 9.59 Å². The van der Waals surface area contributed by atoms with Gasteiger partial charge in [-0.2, -0.15) is 5.10 Å². The Morgan fingerprint density at radius 1 is 1.46 bits per heavy atom. The van der Waals surface area contributed by atoms with Gasteiger partial charge in [0.2, 0.25) is 11.8 Å². The third kappa shape index (κ3) is 3.56. The average Bonchev–Trinajstić information content (AvgIpc) is 3.23. The molecule has 7 nitrogen and oxygen atoms in total. The molecule has 2 amide bonds. The summed E-state index contributed by atoms with van der Waals surface area (Å²) in [4.78, 5) is 26.1. The van der Waals surface area contributed by atoms with Crippen molar-refractivity contribution in [3.63, 3.8) is 0 Å². The Morgan fingerprint density at radius 2 is 2.29 bits per heavy atom. The molecular formula is C17H20N4O3. The first-order valence-electron chi connectivity index (χ1n) is 7.86. The molecule has 24 heavy (non-hydrogen) atoms. The van der Waals surface area contributed by atoms with Crippen molar-refractivity contribution in [2.75, 3.05) is 25.5 Å². The minimum Gasteiger partial charge on any atom is -0.496 e. The normalized spacial score (nSPS) is 17.1. The third-order valence-electron chi connectivity index (χ3n) is 4.19. The van der Waals surface area contributed by atoms with Crippen molar-refractivity contribution < 1.29 is 14.3 Å². The zero-order valence-electron chi connectivity index (χ0n) is 13.5. The Labute approximate surface area is 140 Å². The fraction of sp³-hybridized carbons (Fsp3) is 0.353. The first kappa shape index (κ1) is 16.0. The van der Waals surface area contributed by atoms with Crippen molar-refractivity contribution >= 4 is 17.5 Å². The molecule has 2 aromatic rings. The highest BCUT2D eigenvalue weighted by atomic mass is 16.5. The maximum Gasteiger partial charge on any atom is 0.229 e. The predicted octanol–water partition coefficient (Wildman–Crippen LogP) is 1.45. The summed E-state index contributed by atoms with van der Waals surface area (Å²) in [7, 11) is 1.63. The van der Waals surface area contributed by atoms with Gasteiger partial charge in [0.15, 0.2) is 0 Å². The Kier molecular flexibility index (Phi) is 4.79. The number of para-hydroxylation sites is 1. The minimum atomic E-state index is -0.329. The number of H-pyrrole nitrogens is 1. The lowest BCUT2D eigenvalue weighted by molar-refractivity contribution is -0.128. The number of nitrogens with zero attached hydrogens (tertiary/aromatic N) is 2. The lowest BCUT2D eigenvalue weighted by atomic mass is 10.1. The van der Waals surface area contributed by atoms with E-state index in [-0.39, 0.29) is 24.2 Å². The zero-order chi connectivity index (χ0) is 16.9. The maximum atomic E-state index is 12.2. The Bertz CT molecular complexity index is 714. The second-order valence-electron chi connectivity index (χ2n) is 5.78. The molecule has 126 valence electrons. The lowest BCUT2D eigenvalue weighted by Gasteiger charge is -2.17. The summed E-state index contributed by atoms with van der Waals surface area (Å²) in [6.45, 7) is 1.02. The largest absolute Gasteiger partial charge is 0.496 e. The fourth-order valence-corrected chi connectivity index (χ4v) is 2.89. The second kappa shape index (κ2) is 7.16. The number of benzene rings is 1. The first-order valence-corrected chi connectivity index (χ1v) is 7.86. The number of aromatic amines is 1. The summed E-state index contributed by atoms with van der Waals surface area (Å²) < 4.78 is 5.33. The van der Waals surface area contributed by atoms with E-state index in [4.69, 9.17) is 4.74 Å². The van der Waals surface area contributed by atoms with Crippen LogP contribution in [-0.4, -0.2) is 47.1 Å². The van der Waals surface area contributed by atoms with Crippen molar-refractivity contribution in [1.29, 1.82) is 0 Å². The smallest absolute Gasteiger partial charge is 0.229 e. The van der Waals surface area contributed by atoms with E-state index in [0.29, 0.717) is 25.2 Å². The van der Waals surface area contributed by atoms with Gasteiger partial charge in [-0.25, -0.2) is 0 Å². The van der Waals surface area contributed by atoms with E-state index in [0.717, 1.165) is 11.3 Å². The third-order valence-corrected chi connectivity index (χ3v) is 4.19. The number of rotatable bonds is 6. The van der Waals surface area contributed by atoms with Crippen molar-refractivity contribution in [2.45, 2.75) is 12.8 Å². The molecule has 7 heteroatoms. The van der Waals surface area contributed by atoms with Gasteiger partial charge in [0, 0.05) is 25.7 Å². The van der Waals surface area contributed by atoms with Crippen LogP contribution in [0.4, 0.5) is 5.69 Å². The van der Waals surface area contributed by atoms with Crippen LogP contribution in [-0.2, 0) is 16.0 Å². The van der Waals surface area contributed by atoms with Crippen LogP contribution in [0, 0.1) is 5.92 Å². The van der Waals surface area contributed by atoms with Crippen LogP contribution in [0.25, 0.3) is 0 Å². The molecule has 1 saturated heterocycles. The number of aromatic nitrogens is 2. The Balaban J connectivity index is 1.56. The van der Waals surface area contributed by atoms with E-state index in [1.165, 1.54) is 6.20 Å². The molecule has 2 heterocycles. The van der Waals surface area contributed by atoms with Gasteiger partial charge >= 0.3 is 0 Å². The highest BCUT2D eigenvalue weighted by molar-refractivity contribution is 5.97. The zero-order valence-corrected chi connectivity index (χ0v) is 13.5. The maximum absolute atomic E-state index is 12.2. The standard InChI is InChI=1S/C17H20N4O3/c1-24-15-5-3-2-4-12(15)6-7-21-11-13(8-16(21)22)17(23)20-14-9-18-19-10-14/h2-5,9-10,13H,6-8,11H2,1H3,(H,18,19)(H,20,23)/t13-/m0/s1. The topological polar surface area (TPSA) is 87.3 Å². The Hall–Kier alpha value is -2.83. The summed E-state index contributed by atoms with van der Waals surface area (Å²) >= 11 is 0. The molecule has 1 aromatic carbocycles. The lowest BCUT2D eigenvalue weighted by Crippen LogP contribution is -2.30. The van der Waals surface area contributed by atoms with Gasteiger partial charge in [-0.15, -0.1) is 0 Å². The number of methoxy groups -OCH3 is 1. The number of anilines is 1. The number of hydrogen-bond acceptors (Lipinski definition) is 4. The van der Waals surface area contributed by atoms with Gasteiger partial charge in [0.1, 0.15) is 5.75 Å². The molecule has 0 radical (unpaired) electrons. The van der Waals surface area contributed by atoms with Crippen LogP contribution in [0.5, 0.6) is 5.75 Å². The molecule has 0 unspecified atom stereocenters. The molecule has 1 atom stereocenters. The molecule has 1 aliphatic rings. The quantitative estimate of drug-likeness (QED) is 0.840. The van der Waals surface area contributed by atoms with Gasteiger partial charge in [-0.1, -0.05) is 18.2 Å². The van der Waals surface area contributed by atoms with E-state index < -0.39 is 0 Å². The predicted molar refractivity (Wildman–Crippen MR) is 88.6 cm³/mol. The molecule has 1 aromatic heterocycles. The van der Waals surface area contributed by atoms with Crippen molar-refractivity contribution in [3.05, 3.63) is 42.2 Å². The van der Waals surface area contributed by atoms with Crippen LogP contribution in [0.3, 0.4) is 0 Å². The summed E-state index contributed by atoms with van der Waals surface area (Å²) in [5, 5.41) is 9.19. The molecule has 0 saturated carbocycles. The first-order chi connectivity index (χ1) is 11.7. The van der Waals surface area contributed by atoms with Gasteiger partial charge in [0.25, 0.3) is 0 Å².